The minimum atomic E-state index is -0.467. The van der Waals surface area contributed by atoms with Crippen molar-refractivity contribution in [2.24, 2.45) is 0 Å². The highest BCUT2D eigenvalue weighted by Gasteiger charge is 2.18. The SMILES string of the molecule is CCC(Nc1ncnc2cc(F)c(OC)cc12)c1noc(C)n1. The Balaban J connectivity index is 2.01. The summed E-state index contributed by atoms with van der Waals surface area (Å²) < 4.78 is 23.9. The van der Waals surface area contributed by atoms with Gasteiger partial charge in [0.25, 0.3) is 0 Å². The molecule has 1 atom stereocenters. The van der Waals surface area contributed by atoms with Crippen LogP contribution in [0.1, 0.15) is 31.1 Å². The van der Waals surface area contributed by atoms with Crippen molar-refractivity contribution >= 4 is 16.7 Å². The maximum absolute atomic E-state index is 13.8. The zero-order valence-corrected chi connectivity index (χ0v) is 13.0. The summed E-state index contributed by atoms with van der Waals surface area (Å²) in [5.74, 6) is 1.27. The summed E-state index contributed by atoms with van der Waals surface area (Å²) >= 11 is 0. The first kappa shape index (κ1) is 15.1. The van der Waals surface area contributed by atoms with Crippen LogP contribution in [-0.4, -0.2) is 27.2 Å². The molecule has 0 saturated heterocycles. The van der Waals surface area contributed by atoms with Crippen LogP contribution in [0.2, 0.25) is 0 Å². The van der Waals surface area contributed by atoms with E-state index in [1.54, 1.807) is 13.0 Å². The maximum atomic E-state index is 13.8. The van der Waals surface area contributed by atoms with Gasteiger partial charge in [0.15, 0.2) is 17.4 Å². The van der Waals surface area contributed by atoms with Crippen molar-refractivity contribution in [1.82, 2.24) is 20.1 Å². The first-order valence-corrected chi connectivity index (χ1v) is 7.17. The van der Waals surface area contributed by atoms with Crippen LogP contribution >= 0.6 is 0 Å². The molecule has 2 heterocycles. The highest BCUT2D eigenvalue weighted by Crippen LogP contribution is 2.29. The highest BCUT2D eigenvalue weighted by molar-refractivity contribution is 5.90. The molecule has 2 aromatic heterocycles. The van der Waals surface area contributed by atoms with E-state index >= 15 is 0 Å². The van der Waals surface area contributed by atoms with Crippen molar-refractivity contribution in [1.29, 1.82) is 0 Å². The fraction of sp³-hybridized carbons (Fsp3) is 0.333. The van der Waals surface area contributed by atoms with E-state index in [1.165, 1.54) is 19.5 Å². The lowest BCUT2D eigenvalue weighted by Crippen LogP contribution is -2.13. The summed E-state index contributed by atoms with van der Waals surface area (Å²) in [6, 6.07) is 2.71. The third kappa shape index (κ3) is 2.92. The number of aryl methyl sites for hydroxylation is 1. The number of aromatic nitrogens is 4. The van der Waals surface area contributed by atoms with Gasteiger partial charge in [-0.15, -0.1) is 0 Å². The fourth-order valence-electron chi connectivity index (χ4n) is 2.30. The Bertz CT molecular complexity index is 836. The van der Waals surface area contributed by atoms with Gasteiger partial charge in [0.05, 0.1) is 18.7 Å². The van der Waals surface area contributed by atoms with Gasteiger partial charge in [0.1, 0.15) is 12.1 Å². The Morgan fingerprint density at radius 3 is 2.83 bits per heavy atom. The molecule has 1 N–H and O–H groups in total. The van der Waals surface area contributed by atoms with Gasteiger partial charge in [-0.3, -0.25) is 0 Å². The van der Waals surface area contributed by atoms with Crippen LogP contribution in [-0.2, 0) is 0 Å². The summed E-state index contributed by atoms with van der Waals surface area (Å²) in [5.41, 5.74) is 0.486. The predicted molar refractivity (Wildman–Crippen MR) is 81.7 cm³/mol. The Hall–Kier alpha value is -2.77. The molecule has 0 aliphatic heterocycles. The van der Waals surface area contributed by atoms with Gasteiger partial charge in [-0.1, -0.05) is 12.1 Å². The van der Waals surface area contributed by atoms with Crippen LogP contribution in [0.4, 0.5) is 10.2 Å². The normalized spacial score (nSPS) is 12.3. The Labute approximate surface area is 131 Å². The van der Waals surface area contributed by atoms with Crippen LogP contribution in [0, 0.1) is 12.7 Å². The van der Waals surface area contributed by atoms with Crippen molar-refractivity contribution in [2.45, 2.75) is 26.3 Å². The molecule has 0 aliphatic carbocycles. The quantitative estimate of drug-likeness (QED) is 0.774. The molecular formula is C15H16FN5O2. The van der Waals surface area contributed by atoms with Crippen LogP contribution < -0.4 is 10.1 Å². The van der Waals surface area contributed by atoms with Crippen LogP contribution in [0.15, 0.2) is 23.0 Å². The number of halogens is 1. The molecule has 1 aromatic carbocycles. The highest BCUT2D eigenvalue weighted by atomic mass is 19.1. The molecule has 23 heavy (non-hydrogen) atoms. The second kappa shape index (κ2) is 6.15. The van der Waals surface area contributed by atoms with Gasteiger partial charge < -0.3 is 14.6 Å². The van der Waals surface area contributed by atoms with E-state index in [4.69, 9.17) is 9.26 Å². The minimum absolute atomic E-state index is 0.138. The topological polar surface area (TPSA) is 86.0 Å². The van der Waals surface area contributed by atoms with E-state index < -0.39 is 5.82 Å². The molecule has 8 heteroatoms. The lowest BCUT2D eigenvalue weighted by atomic mass is 10.1. The van der Waals surface area contributed by atoms with E-state index in [1.807, 2.05) is 6.92 Å². The molecule has 0 amide bonds. The van der Waals surface area contributed by atoms with E-state index in [2.05, 4.69) is 25.4 Å². The van der Waals surface area contributed by atoms with Gasteiger partial charge in [0, 0.05) is 18.4 Å². The first-order chi connectivity index (χ1) is 11.1. The number of nitrogens with zero attached hydrogens (tertiary/aromatic N) is 4. The van der Waals surface area contributed by atoms with Crippen molar-refractivity contribution in [2.75, 3.05) is 12.4 Å². The first-order valence-electron chi connectivity index (χ1n) is 7.17. The number of rotatable bonds is 5. The molecule has 0 spiro atoms. The zero-order valence-electron chi connectivity index (χ0n) is 13.0. The van der Waals surface area contributed by atoms with Gasteiger partial charge in [-0.2, -0.15) is 4.98 Å². The Morgan fingerprint density at radius 1 is 1.35 bits per heavy atom. The monoisotopic (exact) mass is 317 g/mol. The Morgan fingerprint density at radius 2 is 2.17 bits per heavy atom. The fourth-order valence-corrected chi connectivity index (χ4v) is 2.30. The van der Waals surface area contributed by atoms with Gasteiger partial charge in [-0.25, -0.2) is 14.4 Å². The molecule has 0 aliphatic rings. The molecule has 0 radical (unpaired) electrons. The molecule has 0 fully saturated rings. The minimum Gasteiger partial charge on any atom is -0.494 e. The third-order valence-electron chi connectivity index (χ3n) is 3.48. The zero-order chi connectivity index (χ0) is 16.4. The maximum Gasteiger partial charge on any atom is 0.223 e. The summed E-state index contributed by atoms with van der Waals surface area (Å²) in [5, 5.41) is 7.85. The lowest BCUT2D eigenvalue weighted by Gasteiger charge is -2.15. The van der Waals surface area contributed by atoms with Crippen LogP contribution in [0.3, 0.4) is 0 Å². The summed E-state index contributed by atoms with van der Waals surface area (Å²) in [6.07, 6.45) is 2.10. The average molecular weight is 317 g/mol. The number of anilines is 1. The predicted octanol–water partition coefficient (Wildman–Crippen LogP) is 3.03. The van der Waals surface area contributed by atoms with Crippen molar-refractivity contribution in [3.63, 3.8) is 0 Å². The molecule has 120 valence electrons. The number of hydrogen-bond acceptors (Lipinski definition) is 7. The number of methoxy groups -OCH3 is 1. The molecule has 0 bridgehead atoms. The van der Waals surface area contributed by atoms with Gasteiger partial charge in [0.2, 0.25) is 5.89 Å². The van der Waals surface area contributed by atoms with E-state index in [0.29, 0.717) is 28.4 Å². The largest absolute Gasteiger partial charge is 0.494 e. The van der Waals surface area contributed by atoms with E-state index in [-0.39, 0.29) is 11.8 Å². The number of nitrogens with one attached hydrogen (secondary N) is 1. The number of fused-ring (bicyclic) bond motifs is 1. The third-order valence-corrected chi connectivity index (χ3v) is 3.48. The average Bonchev–Trinajstić information content (AvgIpc) is 2.98. The van der Waals surface area contributed by atoms with Crippen molar-refractivity contribution < 1.29 is 13.7 Å². The van der Waals surface area contributed by atoms with Crippen molar-refractivity contribution in [3.05, 3.63) is 36.0 Å². The van der Waals surface area contributed by atoms with E-state index in [0.717, 1.165) is 6.42 Å². The molecule has 7 nitrogen and oxygen atoms in total. The Kier molecular flexibility index (Phi) is 4.05. The van der Waals surface area contributed by atoms with Crippen molar-refractivity contribution in [3.8, 4) is 5.75 Å². The molecule has 1 unspecified atom stereocenters. The summed E-state index contributed by atoms with van der Waals surface area (Å²) in [6.45, 7) is 3.73. The molecule has 3 aromatic rings. The van der Waals surface area contributed by atoms with E-state index in [9.17, 15) is 4.39 Å². The lowest BCUT2D eigenvalue weighted by molar-refractivity contribution is 0.384. The molecule has 3 rings (SSSR count). The second-order valence-electron chi connectivity index (χ2n) is 5.00. The van der Waals surface area contributed by atoms with Crippen LogP contribution in [0.5, 0.6) is 5.75 Å². The summed E-state index contributed by atoms with van der Waals surface area (Å²) in [7, 11) is 1.41. The van der Waals surface area contributed by atoms with Gasteiger partial charge >= 0.3 is 0 Å². The van der Waals surface area contributed by atoms with Gasteiger partial charge in [-0.05, 0) is 12.5 Å². The standard InChI is InChI=1S/C15H16FN5O2/c1-4-11(15-19-8(2)23-21-15)20-14-9-5-13(22-3)10(16)6-12(9)17-7-18-14/h5-7,11H,4H2,1-3H3,(H,17,18,20). The smallest absolute Gasteiger partial charge is 0.223 e. The number of hydrogen-bond donors (Lipinski definition) is 1. The molecular weight excluding hydrogens is 301 g/mol. The molecule has 0 saturated carbocycles. The number of ether oxygens (including phenoxy) is 1. The summed E-state index contributed by atoms with van der Waals surface area (Å²) in [4.78, 5) is 12.6. The second-order valence-corrected chi connectivity index (χ2v) is 5.00. The number of benzene rings is 1. The van der Waals surface area contributed by atoms with Crippen LogP contribution in [0.25, 0.3) is 10.9 Å².